The molecule has 1 fully saturated rings. The fourth-order valence-corrected chi connectivity index (χ4v) is 2.52. The quantitative estimate of drug-likeness (QED) is 0.773. The summed E-state index contributed by atoms with van der Waals surface area (Å²) in [5.41, 5.74) is 1.17. The second kappa shape index (κ2) is 4.73. The number of aromatic nitrogens is 3. The maximum atomic E-state index is 12.3. The van der Waals surface area contributed by atoms with Crippen molar-refractivity contribution in [1.29, 1.82) is 0 Å². The summed E-state index contributed by atoms with van der Waals surface area (Å²) in [6.07, 6.45) is 4.96. The van der Waals surface area contributed by atoms with E-state index >= 15 is 0 Å². The SMILES string of the molecule is O=C(Nc1n[nH]c(C2CCC2)n1)c1coc2ccccc12. The lowest BCUT2D eigenvalue weighted by Crippen LogP contribution is -2.13. The zero-order valence-electron chi connectivity index (χ0n) is 11.3. The minimum Gasteiger partial charge on any atom is -0.463 e. The molecule has 0 unspecified atom stereocenters. The predicted molar refractivity (Wildman–Crippen MR) is 77.1 cm³/mol. The van der Waals surface area contributed by atoms with Gasteiger partial charge in [0.05, 0.1) is 5.56 Å². The Balaban J connectivity index is 1.56. The summed E-state index contributed by atoms with van der Waals surface area (Å²) in [6, 6.07) is 7.42. The van der Waals surface area contributed by atoms with Crippen LogP contribution in [0.3, 0.4) is 0 Å². The molecule has 1 aliphatic rings. The van der Waals surface area contributed by atoms with Gasteiger partial charge in [-0.1, -0.05) is 24.6 Å². The van der Waals surface area contributed by atoms with Gasteiger partial charge in [-0.15, -0.1) is 5.10 Å². The van der Waals surface area contributed by atoms with Gasteiger partial charge in [0.2, 0.25) is 5.95 Å². The molecule has 0 bridgehead atoms. The van der Waals surface area contributed by atoms with Gasteiger partial charge >= 0.3 is 0 Å². The number of carbonyl (C=O) groups is 1. The second-order valence-corrected chi connectivity index (χ2v) is 5.27. The molecule has 0 spiro atoms. The number of nitrogens with one attached hydrogen (secondary N) is 2. The monoisotopic (exact) mass is 282 g/mol. The number of benzene rings is 1. The van der Waals surface area contributed by atoms with Crippen molar-refractivity contribution in [2.24, 2.45) is 0 Å². The van der Waals surface area contributed by atoms with E-state index in [9.17, 15) is 4.79 Å². The summed E-state index contributed by atoms with van der Waals surface area (Å²) in [5.74, 6) is 1.36. The highest BCUT2D eigenvalue weighted by molar-refractivity contribution is 6.11. The molecule has 1 saturated carbocycles. The standard InChI is InChI=1S/C15H14N4O2/c20-14(11-8-21-12-7-2-1-6-10(11)12)17-15-16-13(18-19-15)9-4-3-5-9/h1-2,6-9H,3-5H2,(H2,16,17,18,19,20). The molecular weight excluding hydrogens is 268 g/mol. The van der Waals surface area contributed by atoms with E-state index in [0.29, 0.717) is 23.0 Å². The summed E-state index contributed by atoms with van der Waals surface area (Å²) in [4.78, 5) is 16.6. The number of amides is 1. The molecule has 0 atom stereocenters. The van der Waals surface area contributed by atoms with Crippen molar-refractivity contribution in [1.82, 2.24) is 15.2 Å². The first-order valence-corrected chi connectivity index (χ1v) is 7.01. The fraction of sp³-hybridized carbons (Fsp3) is 0.267. The number of para-hydroxylation sites is 1. The van der Waals surface area contributed by atoms with Crippen molar-refractivity contribution < 1.29 is 9.21 Å². The molecule has 0 radical (unpaired) electrons. The Morgan fingerprint density at radius 1 is 1.33 bits per heavy atom. The number of H-pyrrole nitrogens is 1. The fourth-order valence-electron chi connectivity index (χ4n) is 2.52. The Morgan fingerprint density at radius 3 is 3.00 bits per heavy atom. The van der Waals surface area contributed by atoms with Crippen LogP contribution in [0, 0.1) is 0 Å². The van der Waals surface area contributed by atoms with Gasteiger partial charge in [-0.3, -0.25) is 15.2 Å². The molecule has 0 aliphatic heterocycles. The van der Waals surface area contributed by atoms with Crippen LogP contribution < -0.4 is 5.32 Å². The molecule has 1 amide bonds. The number of carbonyl (C=O) groups excluding carboxylic acids is 1. The lowest BCUT2D eigenvalue weighted by Gasteiger charge is -2.22. The van der Waals surface area contributed by atoms with Crippen LogP contribution in [0.25, 0.3) is 11.0 Å². The van der Waals surface area contributed by atoms with Crippen molar-refractivity contribution in [3.63, 3.8) is 0 Å². The van der Waals surface area contributed by atoms with Gasteiger partial charge in [-0.2, -0.15) is 4.98 Å². The smallest absolute Gasteiger partial charge is 0.261 e. The number of furan rings is 1. The van der Waals surface area contributed by atoms with Crippen LogP contribution >= 0.6 is 0 Å². The normalized spacial score (nSPS) is 15.0. The van der Waals surface area contributed by atoms with E-state index in [1.165, 1.54) is 12.7 Å². The summed E-state index contributed by atoms with van der Waals surface area (Å²) >= 11 is 0. The average molecular weight is 282 g/mol. The second-order valence-electron chi connectivity index (χ2n) is 5.27. The van der Waals surface area contributed by atoms with Crippen LogP contribution in [0.15, 0.2) is 34.9 Å². The number of aromatic amines is 1. The largest absolute Gasteiger partial charge is 0.463 e. The molecule has 0 saturated heterocycles. The Labute approximate surface area is 120 Å². The zero-order chi connectivity index (χ0) is 14.2. The van der Waals surface area contributed by atoms with Crippen LogP contribution in [-0.4, -0.2) is 21.1 Å². The van der Waals surface area contributed by atoms with E-state index < -0.39 is 0 Å². The van der Waals surface area contributed by atoms with Crippen molar-refractivity contribution in [2.45, 2.75) is 25.2 Å². The van der Waals surface area contributed by atoms with E-state index in [-0.39, 0.29) is 5.91 Å². The number of anilines is 1. The van der Waals surface area contributed by atoms with Gasteiger partial charge in [0, 0.05) is 11.3 Å². The van der Waals surface area contributed by atoms with Crippen molar-refractivity contribution in [3.8, 4) is 0 Å². The summed E-state index contributed by atoms with van der Waals surface area (Å²) in [5, 5.41) is 10.4. The highest BCUT2D eigenvalue weighted by Gasteiger charge is 2.23. The molecule has 106 valence electrons. The van der Waals surface area contributed by atoms with Gasteiger partial charge in [-0.05, 0) is 18.9 Å². The lowest BCUT2D eigenvalue weighted by atomic mass is 9.85. The number of fused-ring (bicyclic) bond motifs is 1. The lowest BCUT2D eigenvalue weighted by molar-refractivity contribution is 0.102. The molecular formula is C15H14N4O2. The maximum absolute atomic E-state index is 12.3. The Kier molecular flexibility index (Phi) is 2.73. The molecule has 6 nitrogen and oxygen atoms in total. The van der Waals surface area contributed by atoms with E-state index in [1.54, 1.807) is 0 Å². The van der Waals surface area contributed by atoms with Gasteiger partial charge in [0.25, 0.3) is 5.91 Å². The zero-order valence-corrected chi connectivity index (χ0v) is 11.3. The average Bonchev–Trinajstić information content (AvgIpc) is 3.03. The van der Waals surface area contributed by atoms with Crippen LogP contribution in [0.4, 0.5) is 5.95 Å². The highest BCUT2D eigenvalue weighted by atomic mass is 16.3. The Morgan fingerprint density at radius 2 is 2.19 bits per heavy atom. The first kappa shape index (κ1) is 12.1. The number of hydrogen-bond donors (Lipinski definition) is 2. The Bertz CT molecular complexity index is 801. The first-order valence-electron chi connectivity index (χ1n) is 7.01. The molecule has 2 N–H and O–H groups in total. The van der Waals surface area contributed by atoms with E-state index in [2.05, 4.69) is 20.5 Å². The van der Waals surface area contributed by atoms with Gasteiger partial charge in [-0.25, -0.2) is 0 Å². The molecule has 2 heterocycles. The molecule has 4 rings (SSSR count). The predicted octanol–water partition coefficient (Wildman–Crippen LogP) is 3.07. The molecule has 6 heteroatoms. The van der Waals surface area contributed by atoms with Gasteiger partial charge in [0.1, 0.15) is 17.7 Å². The first-order chi connectivity index (χ1) is 10.3. The van der Waals surface area contributed by atoms with Crippen molar-refractivity contribution >= 4 is 22.8 Å². The van der Waals surface area contributed by atoms with Gasteiger partial charge in [0.15, 0.2) is 0 Å². The molecule has 3 aromatic rings. The highest BCUT2D eigenvalue weighted by Crippen LogP contribution is 2.34. The Hall–Kier alpha value is -2.63. The molecule has 1 aromatic carbocycles. The van der Waals surface area contributed by atoms with Gasteiger partial charge < -0.3 is 4.42 Å². The maximum Gasteiger partial charge on any atom is 0.261 e. The van der Waals surface area contributed by atoms with Crippen molar-refractivity contribution in [3.05, 3.63) is 41.9 Å². The number of nitrogens with zero attached hydrogens (tertiary/aromatic N) is 2. The molecule has 1 aliphatic carbocycles. The minimum absolute atomic E-state index is 0.265. The summed E-state index contributed by atoms with van der Waals surface area (Å²) < 4.78 is 5.37. The van der Waals surface area contributed by atoms with Crippen molar-refractivity contribution in [2.75, 3.05) is 5.32 Å². The van der Waals surface area contributed by atoms with Crippen LogP contribution in [0.2, 0.25) is 0 Å². The third-order valence-electron chi connectivity index (χ3n) is 3.95. The van der Waals surface area contributed by atoms with E-state index in [1.807, 2.05) is 24.3 Å². The summed E-state index contributed by atoms with van der Waals surface area (Å²) in [6.45, 7) is 0. The summed E-state index contributed by atoms with van der Waals surface area (Å²) in [7, 11) is 0. The molecule has 2 aromatic heterocycles. The van der Waals surface area contributed by atoms with Crippen LogP contribution in [0.5, 0.6) is 0 Å². The number of hydrogen-bond acceptors (Lipinski definition) is 4. The van der Waals surface area contributed by atoms with E-state index in [0.717, 1.165) is 24.1 Å². The van der Waals surface area contributed by atoms with Crippen LogP contribution in [-0.2, 0) is 0 Å². The van der Waals surface area contributed by atoms with E-state index in [4.69, 9.17) is 4.42 Å². The number of rotatable bonds is 3. The minimum atomic E-state index is -0.265. The van der Waals surface area contributed by atoms with Crippen LogP contribution in [0.1, 0.15) is 41.4 Å². The third kappa shape index (κ3) is 2.08. The third-order valence-corrected chi connectivity index (χ3v) is 3.95. The topological polar surface area (TPSA) is 83.8 Å². The molecule has 21 heavy (non-hydrogen) atoms.